The Morgan fingerprint density at radius 2 is 1.77 bits per heavy atom. The summed E-state index contributed by atoms with van der Waals surface area (Å²) < 4.78 is 10.8. The zero-order chi connectivity index (χ0) is 31.3. The van der Waals surface area contributed by atoms with Crippen molar-refractivity contribution < 1.29 is 24.2 Å². The van der Waals surface area contributed by atoms with Gasteiger partial charge in [0, 0.05) is 55.0 Å². The number of hydrogen-bond acceptors (Lipinski definition) is 8. The van der Waals surface area contributed by atoms with E-state index >= 15 is 0 Å². The Bertz CT molecular complexity index is 1690. The smallest absolute Gasteiger partial charge is 0.271 e. The fourth-order valence-electron chi connectivity index (χ4n) is 4.89. The van der Waals surface area contributed by atoms with Gasteiger partial charge in [-0.15, -0.1) is 0 Å². The first-order chi connectivity index (χ1) is 21.2. The third-order valence-corrected chi connectivity index (χ3v) is 7.72. The van der Waals surface area contributed by atoms with E-state index in [1.54, 1.807) is 66.7 Å². The summed E-state index contributed by atoms with van der Waals surface area (Å²) in [6.07, 6.45) is 3.02. The van der Waals surface area contributed by atoms with Crippen molar-refractivity contribution in [1.29, 1.82) is 0 Å². The number of aromatic nitrogens is 2. The van der Waals surface area contributed by atoms with E-state index < -0.39 is 5.60 Å². The van der Waals surface area contributed by atoms with Crippen LogP contribution in [0, 0.1) is 0 Å². The lowest BCUT2D eigenvalue weighted by molar-refractivity contribution is 0.0192. The zero-order valence-corrected chi connectivity index (χ0v) is 24.8. The van der Waals surface area contributed by atoms with Crippen molar-refractivity contribution in [2.24, 2.45) is 0 Å². The van der Waals surface area contributed by atoms with E-state index in [0.29, 0.717) is 65.6 Å². The van der Waals surface area contributed by atoms with Crippen molar-refractivity contribution in [3.8, 4) is 11.1 Å². The molecule has 2 aromatic heterocycles. The van der Waals surface area contributed by atoms with Crippen LogP contribution in [0.4, 0.5) is 17.2 Å². The molecule has 1 saturated heterocycles. The molecule has 0 aliphatic carbocycles. The summed E-state index contributed by atoms with van der Waals surface area (Å²) in [7, 11) is 1.64. The largest absolute Gasteiger partial charge is 0.392 e. The molecule has 0 unspecified atom stereocenters. The summed E-state index contributed by atoms with van der Waals surface area (Å²) >= 11 is 0. The van der Waals surface area contributed by atoms with E-state index in [-0.39, 0.29) is 29.7 Å². The average molecular weight is 598 g/mol. The molecule has 1 aliphatic rings. The fraction of sp³-hybridized carbons (Fsp3) is 0.273. The van der Waals surface area contributed by atoms with Crippen LogP contribution in [-0.4, -0.2) is 65.2 Å². The molecule has 5 rings (SSSR count). The van der Waals surface area contributed by atoms with Gasteiger partial charge in [0.2, 0.25) is 0 Å². The Morgan fingerprint density at radius 3 is 2.43 bits per heavy atom. The first-order valence-electron chi connectivity index (χ1n) is 14.2. The number of aliphatic hydroxyl groups is 1. The van der Waals surface area contributed by atoms with Crippen LogP contribution in [0.2, 0.25) is 0 Å². The van der Waals surface area contributed by atoms with Crippen LogP contribution in [0.3, 0.4) is 0 Å². The number of nitrogens with zero attached hydrogens (tertiary/aromatic N) is 2. The fourth-order valence-corrected chi connectivity index (χ4v) is 4.89. The first-order valence-corrected chi connectivity index (χ1v) is 14.2. The number of methoxy groups -OCH3 is 1. The second-order valence-electron chi connectivity index (χ2n) is 10.8. The molecule has 44 heavy (non-hydrogen) atoms. The molecule has 0 atom stereocenters. The van der Waals surface area contributed by atoms with Crippen molar-refractivity contribution in [2.45, 2.75) is 26.1 Å². The summed E-state index contributed by atoms with van der Waals surface area (Å²) in [5, 5.41) is 16.2. The number of hydrogen-bond donors (Lipinski definition) is 4. The molecule has 11 nitrogen and oxygen atoms in total. The predicted octanol–water partition coefficient (Wildman–Crippen LogP) is 4.28. The minimum atomic E-state index is -0.487. The Morgan fingerprint density at radius 1 is 1.05 bits per heavy atom. The second kappa shape index (κ2) is 13.2. The van der Waals surface area contributed by atoms with Crippen LogP contribution in [0.15, 0.2) is 77.9 Å². The van der Waals surface area contributed by atoms with Gasteiger partial charge in [-0.05, 0) is 61.4 Å². The quantitative estimate of drug-likeness (QED) is 0.224. The molecule has 3 heterocycles. The van der Waals surface area contributed by atoms with Crippen molar-refractivity contribution in [2.75, 3.05) is 44.0 Å². The molecule has 228 valence electrons. The van der Waals surface area contributed by atoms with Gasteiger partial charge < -0.3 is 35.1 Å². The number of pyridine rings is 2. The summed E-state index contributed by atoms with van der Waals surface area (Å²) in [6, 6.07) is 17.4. The Hall–Kier alpha value is -4.84. The first kappa shape index (κ1) is 30.6. The third-order valence-electron chi connectivity index (χ3n) is 7.72. The number of anilines is 3. The SMILES string of the molecule is COC(C)(C)c1ccc(C(=O)Nc2cccc(-c3c[nH]c(=O)c(Nc4ccc(C(=O)N5CCOCC5)cn4)c3)c2CO)cc1. The molecule has 0 radical (unpaired) electrons. The molecule has 2 aromatic carbocycles. The number of benzene rings is 2. The Balaban J connectivity index is 1.34. The van der Waals surface area contributed by atoms with Crippen molar-refractivity contribution >= 4 is 29.0 Å². The number of aliphatic hydroxyl groups excluding tert-OH is 1. The number of carbonyl (C=O) groups is 2. The van der Waals surface area contributed by atoms with Crippen molar-refractivity contribution in [1.82, 2.24) is 14.9 Å². The van der Waals surface area contributed by atoms with Gasteiger partial charge in [-0.3, -0.25) is 14.4 Å². The molecule has 1 aliphatic heterocycles. The molecule has 1 fully saturated rings. The number of carbonyl (C=O) groups excluding carboxylic acids is 2. The topological polar surface area (TPSA) is 146 Å². The van der Waals surface area contributed by atoms with Crippen LogP contribution >= 0.6 is 0 Å². The lowest BCUT2D eigenvalue weighted by Crippen LogP contribution is -2.40. The van der Waals surface area contributed by atoms with Gasteiger partial charge in [-0.2, -0.15) is 0 Å². The molecule has 4 aromatic rings. The van der Waals surface area contributed by atoms with Gasteiger partial charge in [0.05, 0.1) is 31.0 Å². The van der Waals surface area contributed by atoms with Gasteiger partial charge in [0.15, 0.2) is 0 Å². The molecule has 4 N–H and O–H groups in total. The lowest BCUT2D eigenvalue weighted by Gasteiger charge is -2.26. The normalized spacial score (nSPS) is 13.4. The van der Waals surface area contributed by atoms with Crippen LogP contribution in [-0.2, 0) is 21.7 Å². The number of aromatic amines is 1. The molecule has 0 bridgehead atoms. The maximum absolute atomic E-state index is 13.1. The van der Waals surface area contributed by atoms with Gasteiger partial charge in [0.25, 0.3) is 17.4 Å². The highest BCUT2D eigenvalue weighted by Crippen LogP contribution is 2.31. The predicted molar refractivity (Wildman–Crippen MR) is 167 cm³/mol. The van der Waals surface area contributed by atoms with Gasteiger partial charge in [-0.25, -0.2) is 4.98 Å². The number of H-pyrrole nitrogens is 1. The Kier molecular flexibility index (Phi) is 9.19. The van der Waals surface area contributed by atoms with Crippen LogP contribution in [0.5, 0.6) is 0 Å². The minimum Gasteiger partial charge on any atom is -0.392 e. The van der Waals surface area contributed by atoms with E-state index in [1.807, 2.05) is 26.0 Å². The number of amides is 2. The molecule has 2 amide bonds. The van der Waals surface area contributed by atoms with Gasteiger partial charge in [-0.1, -0.05) is 24.3 Å². The maximum atomic E-state index is 13.1. The highest BCUT2D eigenvalue weighted by molar-refractivity contribution is 6.05. The minimum absolute atomic E-state index is 0.122. The van der Waals surface area contributed by atoms with Crippen molar-refractivity contribution in [3.63, 3.8) is 0 Å². The highest BCUT2D eigenvalue weighted by atomic mass is 16.5. The maximum Gasteiger partial charge on any atom is 0.271 e. The molecule has 11 heteroatoms. The van der Waals surface area contributed by atoms with E-state index in [1.165, 1.54) is 6.20 Å². The number of ether oxygens (including phenoxy) is 2. The number of nitrogens with one attached hydrogen (secondary N) is 3. The second-order valence-corrected chi connectivity index (χ2v) is 10.8. The Labute approximate surface area is 254 Å². The number of rotatable bonds is 9. The summed E-state index contributed by atoms with van der Waals surface area (Å²) in [5.41, 5.74) is 3.36. The molecule has 0 saturated carbocycles. The highest BCUT2D eigenvalue weighted by Gasteiger charge is 2.21. The van der Waals surface area contributed by atoms with Gasteiger partial charge in [0.1, 0.15) is 11.5 Å². The van der Waals surface area contributed by atoms with Crippen LogP contribution in [0.1, 0.15) is 45.7 Å². The van der Waals surface area contributed by atoms with E-state index in [0.717, 1.165) is 5.56 Å². The molecular weight excluding hydrogens is 562 g/mol. The van der Waals surface area contributed by atoms with E-state index in [2.05, 4.69) is 20.6 Å². The monoisotopic (exact) mass is 597 g/mol. The van der Waals surface area contributed by atoms with E-state index in [4.69, 9.17) is 9.47 Å². The molecule has 0 spiro atoms. The third kappa shape index (κ3) is 6.70. The number of morpholine rings is 1. The summed E-state index contributed by atoms with van der Waals surface area (Å²) in [4.78, 5) is 47.3. The summed E-state index contributed by atoms with van der Waals surface area (Å²) in [5.74, 6) is -0.0682. The zero-order valence-electron chi connectivity index (χ0n) is 24.8. The van der Waals surface area contributed by atoms with Crippen molar-refractivity contribution in [3.05, 3.63) is 106 Å². The summed E-state index contributed by atoms with van der Waals surface area (Å²) in [6.45, 7) is 5.61. The molecular formula is C33H35N5O6. The lowest BCUT2D eigenvalue weighted by atomic mass is 9.96. The average Bonchev–Trinajstić information content (AvgIpc) is 3.06. The van der Waals surface area contributed by atoms with Crippen LogP contribution < -0.4 is 16.2 Å². The van der Waals surface area contributed by atoms with Gasteiger partial charge >= 0.3 is 0 Å². The van der Waals surface area contributed by atoms with Crippen LogP contribution in [0.25, 0.3) is 11.1 Å². The standard InChI is InChI=1S/C33H35N5O6/c1-33(2,43-3)24-10-7-21(8-11-24)30(40)37-27-6-4-5-25(26(27)20-39)23-17-28(31(41)35-19-23)36-29-12-9-22(18-34-29)32(42)38-13-15-44-16-14-38/h4-12,17-19,39H,13-16,20H2,1-3H3,(H,34,36)(H,35,41)(H,37,40). The van der Waals surface area contributed by atoms with E-state index in [9.17, 15) is 19.5 Å².